The Morgan fingerprint density at radius 2 is 1.18 bits per heavy atom. The largest absolute Gasteiger partial charge is 0.493 e. The lowest BCUT2D eigenvalue weighted by atomic mass is 10.1. The van der Waals surface area contributed by atoms with Crippen LogP contribution in [-0.2, 0) is 12.8 Å². The van der Waals surface area contributed by atoms with Crippen LogP contribution in [0.3, 0.4) is 0 Å². The maximum Gasteiger partial charge on any atom is 0.233 e. The molecule has 10 nitrogen and oxygen atoms in total. The van der Waals surface area contributed by atoms with Gasteiger partial charge in [0.2, 0.25) is 17.8 Å². The molecule has 0 unspecified atom stereocenters. The summed E-state index contributed by atoms with van der Waals surface area (Å²) in [6.07, 6.45) is 3.67. The molecule has 0 aliphatic carbocycles. The summed E-state index contributed by atoms with van der Waals surface area (Å²) < 4.78 is 11.6. The third-order valence-electron chi connectivity index (χ3n) is 7.70. The molecule has 0 fully saturated rings. The standard InChI is InChI=1S/C39H34N8O2/c1-2-27-13-18-30(40-26-27)23-24-48-34-21-16-29(17-22-34)36-25-35(47-49-36)28-14-19-33(20-15-28)43-39-45-37(41-31-9-5-3-6-10-31)44-38(46-39)42-32-11-7-4-8-12-32/h3-22,25-26H,2,23-24H2,1H3,(H3,41,42,43,44,45,46). The van der Waals surface area contributed by atoms with E-state index in [9.17, 15) is 0 Å². The van der Waals surface area contributed by atoms with Gasteiger partial charge in [-0.15, -0.1) is 0 Å². The second-order valence-corrected chi connectivity index (χ2v) is 11.2. The zero-order chi connectivity index (χ0) is 33.3. The van der Waals surface area contributed by atoms with Crippen molar-refractivity contribution in [3.05, 3.63) is 145 Å². The molecule has 7 aromatic rings. The number of pyridine rings is 1. The van der Waals surface area contributed by atoms with E-state index in [1.165, 1.54) is 5.56 Å². The van der Waals surface area contributed by atoms with Crippen LogP contribution < -0.4 is 20.7 Å². The number of ether oxygens (including phenoxy) is 1. The zero-order valence-corrected chi connectivity index (χ0v) is 26.9. The molecule has 3 N–H and O–H groups in total. The molecule has 0 aliphatic heterocycles. The summed E-state index contributed by atoms with van der Waals surface area (Å²) in [5, 5.41) is 14.1. The summed E-state index contributed by atoms with van der Waals surface area (Å²) >= 11 is 0. The Morgan fingerprint density at radius 3 is 1.73 bits per heavy atom. The Bertz CT molecular complexity index is 2030. The highest BCUT2D eigenvalue weighted by Gasteiger charge is 2.11. The summed E-state index contributed by atoms with van der Waals surface area (Å²) in [7, 11) is 0. The molecule has 4 aromatic carbocycles. The van der Waals surface area contributed by atoms with Crippen LogP contribution in [0.5, 0.6) is 5.75 Å². The monoisotopic (exact) mass is 646 g/mol. The minimum atomic E-state index is 0.387. The van der Waals surface area contributed by atoms with Gasteiger partial charge >= 0.3 is 0 Å². The Labute approximate surface area is 284 Å². The van der Waals surface area contributed by atoms with Crippen LogP contribution in [0, 0.1) is 0 Å². The molecular weight excluding hydrogens is 612 g/mol. The molecule has 242 valence electrons. The molecular formula is C39H34N8O2. The predicted octanol–water partition coefficient (Wildman–Crippen LogP) is 9.00. The Balaban J connectivity index is 0.995. The lowest BCUT2D eigenvalue weighted by Crippen LogP contribution is -2.07. The Hall–Kier alpha value is -6.55. The second-order valence-electron chi connectivity index (χ2n) is 11.2. The van der Waals surface area contributed by atoms with E-state index >= 15 is 0 Å². The highest BCUT2D eigenvalue weighted by molar-refractivity contribution is 5.69. The van der Waals surface area contributed by atoms with E-state index < -0.39 is 0 Å². The highest BCUT2D eigenvalue weighted by atomic mass is 16.5. The maximum atomic E-state index is 5.94. The van der Waals surface area contributed by atoms with Gasteiger partial charge in [0.1, 0.15) is 11.4 Å². The molecule has 0 bridgehead atoms. The molecule has 49 heavy (non-hydrogen) atoms. The number of para-hydroxylation sites is 2. The number of aromatic nitrogens is 5. The average Bonchev–Trinajstić information content (AvgIpc) is 3.64. The summed E-state index contributed by atoms with van der Waals surface area (Å²) in [5.41, 5.74) is 7.35. The van der Waals surface area contributed by atoms with Crippen molar-refractivity contribution in [3.8, 4) is 28.3 Å². The van der Waals surface area contributed by atoms with Crippen LogP contribution in [0.2, 0.25) is 0 Å². The van der Waals surface area contributed by atoms with Crippen LogP contribution in [0.1, 0.15) is 18.2 Å². The fourth-order valence-corrected chi connectivity index (χ4v) is 5.05. The lowest BCUT2D eigenvalue weighted by Gasteiger charge is -2.11. The van der Waals surface area contributed by atoms with Gasteiger partial charge in [-0.05, 0) is 78.7 Å². The minimum Gasteiger partial charge on any atom is -0.493 e. The molecule has 3 aromatic heterocycles. The lowest BCUT2D eigenvalue weighted by molar-refractivity contribution is 0.320. The van der Waals surface area contributed by atoms with Crippen LogP contribution in [0.15, 0.2) is 138 Å². The van der Waals surface area contributed by atoms with Crippen LogP contribution >= 0.6 is 0 Å². The molecule has 3 heterocycles. The van der Waals surface area contributed by atoms with Crippen molar-refractivity contribution < 1.29 is 9.26 Å². The van der Waals surface area contributed by atoms with E-state index in [2.05, 4.69) is 60.1 Å². The van der Waals surface area contributed by atoms with Gasteiger partial charge in [0.15, 0.2) is 5.76 Å². The van der Waals surface area contributed by atoms with Crippen LogP contribution in [0.25, 0.3) is 22.6 Å². The molecule has 10 heteroatoms. The van der Waals surface area contributed by atoms with Crippen molar-refractivity contribution in [2.45, 2.75) is 19.8 Å². The highest BCUT2D eigenvalue weighted by Crippen LogP contribution is 2.29. The number of hydrogen-bond donors (Lipinski definition) is 3. The normalized spacial score (nSPS) is 10.8. The second kappa shape index (κ2) is 14.9. The van der Waals surface area contributed by atoms with Gasteiger partial charge in [-0.1, -0.05) is 66.7 Å². The number of rotatable bonds is 13. The zero-order valence-electron chi connectivity index (χ0n) is 26.9. The van der Waals surface area contributed by atoms with Gasteiger partial charge in [-0.25, -0.2) is 0 Å². The summed E-state index contributed by atoms with van der Waals surface area (Å²) in [6, 6.07) is 41.3. The number of nitrogens with zero attached hydrogens (tertiary/aromatic N) is 5. The van der Waals surface area contributed by atoms with Gasteiger partial charge in [0, 0.05) is 52.6 Å². The van der Waals surface area contributed by atoms with Crippen molar-refractivity contribution in [3.63, 3.8) is 0 Å². The average molecular weight is 647 g/mol. The molecule has 0 saturated carbocycles. The molecule has 0 amide bonds. The van der Waals surface area contributed by atoms with E-state index in [4.69, 9.17) is 9.26 Å². The summed E-state index contributed by atoms with van der Waals surface area (Å²) in [4.78, 5) is 18.3. The SMILES string of the molecule is CCc1ccc(CCOc2ccc(-c3cc(-c4ccc(Nc5nc(Nc6ccccc6)nc(Nc6ccccc6)n5)cc4)no3)cc2)nc1. The molecule has 0 aliphatic rings. The van der Waals surface area contributed by atoms with E-state index in [0.29, 0.717) is 30.2 Å². The number of benzene rings is 4. The van der Waals surface area contributed by atoms with Gasteiger partial charge in [0.25, 0.3) is 0 Å². The van der Waals surface area contributed by atoms with Crippen LogP contribution in [-0.4, -0.2) is 31.7 Å². The van der Waals surface area contributed by atoms with Crippen molar-refractivity contribution in [2.24, 2.45) is 0 Å². The third-order valence-corrected chi connectivity index (χ3v) is 7.70. The smallest absolute Gasteiger partial charge is 0.233 e. The number of aryl methyl sites for hydroxylation is 1. The maximum absolute atomic E-state index is 5.94. The first kappa shape index (κ1) is 31.1. The number of nitrogens with one attached hydrogen (secondary N) is 3. The Morgan fingerprint density at radius 1 is 0.612 bits per heavy atom. The molecule has 0 radical (unpaired) electrons. The fraction of sp³-hybridized carbons (Fsp3) is 0.103. The van der Waals surface area contributed by atoms with Gasteiger partial charge in [0.05, 0.1) is 6.61 Å². The number of hydrogen-bond acceptors (Lipinski definition) is 10. The molecule has 0 atom stereocenters. The minimum absolute atomic E-state index is 0.387. The fourth-order valence-electron chi connectivity index (χ4n) is 5.05. The van der Waals surface area contributed by atoms with Crippen molar-refractivity contribution in [1.82, 2.24) is 25.1 Å². The Kier molecular flexibility index (Phi) is 9.45. The van der Waals surface area contributed by atoms with Crippen molar-refractivity contribution in [2.75, 3.05) is 22.6 Å². The van der Waals surface area contributed by atoms with Crippen molar-refractivity contribution >= 4 is 34.9 Å². The van der Waals surface area contributed by atoms with Crippen molar-refractivity contribution in [1.29, 1.82) is 0 Å². The predicted molar refractivity (Wildman–Crippen MR) is 193 cm³/mol. The van der Waals surface area contributed by atoms with E-state index in [-0.39, 0.29) is 0 Å². The first-order chi connectivity index (χ1) is 24.2. The summed E-state index contributed by atoms with van der Waals surface area (Å²) in [6.45, 7) is 2.68. The number of anilines is 6. The molecule has 7 rings (SSSR count). The van der Waals surface area contributed by atoms with E-state index in [0.717, 1.165) is 58.2 Å². The van der Waals surface area contributed by atoms with Gasteiger partial charge in [-0.2, -0.15) is 15.0 Å². The van der Waals surface area contributed by atoms with E-state index in [1.807, 2.05) is 121 Å². The van der Waals surface area contributed by atoms with E-state index in [1.54, 1.807) is 0 Å². The van der Waals surface area contributed by atoms with Gasteiger partial charge < -0.3 is 25.2 Å². The first-order valence-corrected chi connectivity index (χ1v) is 16.1. The quantitative estimate of drug-likeness (QED) is 0.112. The topological polar surface area (TPSA) is 123 Å². The van der Waals surface area contributed by atoms with Crippen LogP contribution in [0.4, 0.5) is 34.9 Å². The first-order valence-electron chi connectivity index (χ1n) is 16.1. The molecule has 0 saturated heterocycles. The molecule has 0 spiro atoms. The van der Waals surface area contributed by atoms with Gasteiger partial charge in [-0.3, -0.25) is 4.98 Å². The summed E-state index contributed by atoms with van der Waals surface area (Å²) in [5.74, 6) is 2.66. The third kappa shape index (κ3) is 8.25.